The zero-order valence-corrected chi connectivity index (χ0v) is 13.5. The predicted octanol–water partition coefficient (Wildman–Crippen LogP) is 3.46. The Bertz CT molecular complexity index is 716. The van der Waals surface area contributed by atoms with Crippen molar-refractivity contribution in [1.29, 1.82) is 0 Å². The molecule has 0 saturated carbocycles. The number of ether oxygens (including phenoxy) is 1. The molecule has 3 N–H and O–H groups in total. The third-order valence-corrected chi connectivity index (χ3v) is 5.19. The maximum Gasteiger partial charge on any atom is 0.160 e. The Morgan fingerprint density at radius 3 is 3.05 bits per heavy atom. The highest BCUT2D eigenvalue weighted by Gasteiger charge is 2.19. The fourth-order valence-electron chi connectivity index (χ4n) is 2.15. The van der Waals surface area contributed by atoms with Gasteiger partial charge in [0.1, 0.15) is 16.3 Å². The van der Waals surface area contributed by atoms with E-state index in [1.807, 2.05) is 19.1 Å². The van der Waals surface area contributed by atoms with Gasteiger partial charge in [0, 0.05) is 12.5 Å². The van der Waals surface area contributed by atoms with Gasteiger partial charge in [0.05, 0.1) is 29.5 Å². The van der Waals surface area contributed by atoms with Crippen LogP contribution in [-0.2, 0) is 13.0 Å². The zero-order chi connectivity index (χ0) is 14.8. The van der Waals surface area contributed by atoms with Crippen LogP contribution in [0.15, 0.2) is 22.8 Å². The number of hydrogen-bond donors (Lipinski definition) is 2. The molecule has 21 heavy (non-hydrogen) atoms. The Morgan fingerprint density at radius 1 is 1.52 bits per heavy atom. The Kier molecular flexibility index (Phi) is 4.14. The average Bonchev–Trinajstić information content (AvgIpc) is 3.12. The summed E-state index contributed by atoms with van der Waals surface area (Å²) in [5, 5.41) is 4.42. The van der Waals surface area contributed by atoms with E-state index >= 15 is 0 Å². The Morgan fingerprint density at radius 2 is 2.38 bits per heavy atom. The first-order valence-electron chi connectivity index (χ1n) is 6.66. The van der Waals surface area contributed by atoms with Gasteiger partial charge in [-0.3, -0.25) is 0 Å². The first-order chi connectivity index (χ1) is 10.2. The summed E-state index contributed by atoms with van der Waals surface area (Å²) in [5.41, 5.74) is 6.83. The molecule has 3 aromatic heterocycles. The fraction of sp³-hybridized carbons (Fsp3) is 0.357. The lowest BCUT2D eigenvalue weighted by Crippen LogP contribution is -2.17. The molecule has 0 aliphatic heterocycles. The van der Waals surface area contributed by atoms with Gasteiger partial charge in [0.15, 0.2) is 5.75 Å². The Balaban J connectivity index is 1.88. The monoisotopic (exact) mass is 323 g/mol. The van der Waals surface area contributed by atoms with Crippen molar-refractivity contribution in [2.24, 2.45) is 5.73 Å². The third-order valence-electron chi connectivity index (χ3n) is 3.06. The second-order valence-corrected chi connectivity index (χ2v) is 6.74. The summed E-state index contributed by atoms with van der Waals surface area (Å²) in [7, 11) is 1.68. The van der Waals surface area contributed by atoms with Gasteiger partial charge in [0.2, 0.25) is 0 Å². The van der Waals surface area contributed by atoms with Crippen molar-refractivity contribution >= 4 is 38.1 Å². The molecule has 0 aromatic carbocycles. The molecule has 0 bridgehead atoms. The van der Waals surface area contributed by atoms with Crippen molar-refractivity contribution in [1.82, 2.24) is 4.37 Å². The molecule has 0 saturated heterocycles. The van der Waals surface area contributed by atoms with Gasteiger partial charge in [-0.1, -0.05) is 0 Å². The summed E-state index contributed by atoms with van der Waals surface area (Å²) in [6, 6.07) is 3.93. The minimum Gasteiger partial charge on any atom is -0.493 e. The maximum atomic E-state index is 5.90. The predicted molar refractivity (Wildman–Crippen MR) is 87.4 cm³/mol. The van der Waals surface area contributed by atoms with Crippen LogP contribution < -0.4 is 15.8 Å². The molecule has 5 nitrogen and oxygen atoms in total. The minimum absolute atomic E-state index is 0.102. The second-order valence-electron chi connectivity index (χ2n) is 4.86. The number of nitrogens with one attached hydrogen (secondary N) is 1. The molecule has 0 radical (unpaired) electrons. The number of rotatable bonds is 6. The van der Waals surface area contributed by atoms with E-state index < -0.39 is 0 Å². The molecule has 0 aliphatic carbocycles. The van der Waals surface area contributed by atoms with Crippen LogP contribution in [0.3, 0.4) is 0 Å². The van der Waals surface area contributed by atoms with Gasteiger partial charge in [-0.05, 0) is 30.6 Å². The molecule has 7 heteroatoms. The van der Waals surface area contributed by atoms with Crippen LogP contribution in [0.2, 0.25) is 0 Å². The van der Waals surface area contributed by atoms with E-state index in [0.717, 1.165) is 38.0 Å². The molecule has 3 rings (SSSR count). The number of nitrogens with zero attached hydrogens (tertiary/aromatic N) is 1. The maximum absolute atomic E-state index is 5.90. The summed E-state index contributed by atoms with van der Waals surface area (Å²) in [4.78, 5) is 1.15. The lowest BCUT2D eigenvalue weighted by atomic mass is 10.2. The zero-order valence-electron chi connectivity index (χ0n) is 11.9. The van der Waals surface area contributed by atoms with Crippen molar-refractivity contribution in [3.8, 4) is 5.75 Å². The molecule has 3 heterocycles. The smallest absolute Gasteiger partial charge is 0.160 e. The quantitative estimate of drug-likeness (QED) is 0.727. The molecule has 3 aromatic rings. The highest BCUT2D eigenvalue weighted by Crippen LogP contribution is 2.43. The summed E-state index contributed by atoms with van der Waals surface area (Å²) in [5.74, 6) is 1.76. The number of thiophene rings is 1. The van der Waals surface area contributed by atoms with Crippen molar-refractivity contribution in [2.45, 2.75) is 25.9 Å². The largest absolute Gasteiger partial charge is 0.493 e. The summed E-state index contributed by atoms with van der Waals surface area (Å²) < 4.78 is 16.5. The van der Waals surface area contributed by atoms with Gasteiger partial charge >= 0.3 is 0 Å². The number of fused-ring (bicyclic) bond motifs is 1. The van der Waals surface area contributed by atoms with Gasteiger partial charge in [-0.15, -0.1) is 11.3 Å². The average molecular weight is 323 g/mol. The summed E-state index contributed by atoms with van der Waals surface area (Å²) in [6.07, 6.45) is 2.47. The number of aromatic nitrogens is 1. The van der Waals surface area contributed by atoms with Crippen molar-refractivity contribution in [2.75, 3.05) is 12.4 Å². The minimum atomic E-state index is 0.102. The van der Waals surface area contributed by atoms with Crippen LogP contribution in [-0.4, -0.2) is 17.5 Å². The highest BCUT2D eigenvalue weighted by molar-refractivity contribution is 7.25. The lowest BCUT2D eigenvalue weighted by molar-refractivity contribution is 0.415. The normalized spacial score (nSPS) is 12.7. The standard InChI is InChI=1S/C14H17N3O2S2/c1-8(15)6-10-12(18-2)11-13(20-10)14(21-17-11)16-7-9-4-3-5-19-9/h3-5,8,16H,6-7,15H2,1-2H3. The van der Waals surface area contributed by atoms with Crippen molar-refractivity contribution in [3.63, 3.8) is 0 Å². The SMILES string of the molecule is COc1c(CC(C)N)sc2c(NCc3ccco3)snc12. The van der Waals surface area contributed by atoms with E-state index in [2.05, 4.69) is 9.69 Å². The molecular formula is C14H17N3O2S2. The van der Waals surface area contributed by atoms with Crippen molar-refractivity contribution < 1.29 is 9.15 Å². The molecule has 0 amide bonds. The van der Waals surface area contributed by atoms with Gasteiger partial charge in [-0.25, -0.2) is 0 Å². The molecule has 0 fully saturated rings. The second kappa shape index (κ2) is 6.05. The lowest BCUT2D eigenvalue weighted by Gasteiger charge is -2.04. The molecular weight excluding hydrogens is 306 g/mol. The first kappa shape index (κ1) is 14.4. The van der Waals surface area contributed by atoms with E-state index in [4.69, 9.17) is 14.9 Å². The molecule has 1 unspecified atom stereocenters. The van der Waals surface area contributed by atoms with Crippen LogP contribution in [0.25, 0.3) is 10.2 Å². The van der Waals surface area contributed by atoms with Gasteiger partial charge < -0.3 is 20.2 Å². The van der Waals surface area contributed by atoms with Crippen LogP contribution in [0.4, 0.5) is 5.00 Å². The number of hydrogen-bond acceptors (Lipinski definition) is 7. The molecule has 0 spiro atoms. The van der Waals surface area contributed by atoms with E-state index in [1.165, 1.54) is 11.5 Å². The summed E-state index contributed by atoms with van der Waals surface area (Å²) >= 11 is 3.14. The van der Waals surface area contributed by atoms with E-state index in [-0.39, 0.29) is 6.04 Å². The fourth-order valence-corrected chi connectivity index (χ4v) is 4.39. The van der Waals surface area contributed by atoms with Crippen LogP contribution in [0.5, 0.6) is 5.75 Å². The number of furan rings is 1. The van der Waals surface area contributed by atoms with Crippen LogP contribution >= 0.6 is 22.9 Å². The first-order valence-corrected chi connectivity index (χ1v) is 8.25. The van der Waals surface area contributed by atoms with Crippen LogP contribution in [0, 0.1) is 0 Å². The topological polar surface area (TPSA) is 73.3 Å². The highest BCUT2D eigenvalue weighted by atomic mass is 32.1. The number of methoxy groups -OCH3 is 1. The van der Waals surface area contributed by atoms with Gasteiger partial charge in [-0.2, -0.15) is 4.37 Å². The molecule has 112 valence electrons. The van der Waals surface area contributed by atoms with E-state index in [9.17, 15) is 0 Å². The Labute approximate surface area is 130 Å². The Hall–Kier alpha value is -1.57. The van der Waals surface area contributed by atoms with Crippen molar-refractivity contribution in [3.05, 3.63) is 29.0 Å². The molecule has 0 aliphatic rings. The summed E-state index contributed by atoms with van der Waals surface area (Å²) in [6.45, 7) is 2.64. The van der Waals surface area contributed by atoms with Gasteiger partial charge in [0.25, 0.3) is 0 Å². The third kappa shape index (κ3) is 2.90. The number of anilines is 1. The molecule has 1 atom stereocenters. The van der Waals surface area contributed by atoms with E-state index in [1.54, 1.807) is 24.7 Å². The van der Waals surface area contributed by atoms with Crippen LogP contribution in [0.1, 0.15) is 17.6 Å². The van der Waals surface area contributed by atoms with E-state index in [0.29, 0.717) is 6.54 Å². The number of nitrogens with two attached hydrogens (primary N) is 1.